The lowest BCUT2D eigenvalue weighted by Gasteiger charge is -2.45. The molecule has 2 heterocycles. The maximum Gasteiger partial charge on any atom is 0.0700 e. The van der Waals surface area contributed by atoms with Crippen molar-refractivity contribution in [3.63, 3.8) is 0 Å². The normalized spacial score (nSPS) is 35.7. The van der Waals surface area contributed by atoms with E-state index in [0.717, 1.165) is 19.7 Å². The summed E-state index contributed by atoms with van der Waals surface area (Å²) in [5.74, 6) is 0. The van der Waals surface area contributed by atoms with E-state index in [4.69, 9.17) is 4.74 Å². The first-order valence-corrected chi connectivity index (χ1v) is 7.86. The Balaban J connectivity index is 1.68. The summed E-state index contributed by atoms with van der Waals surface area (Å²) >= 11 is 0. The van der Waals surface area contributed by atoms with Crippen LogP contribution in [0.4, 0.5) is 0 Å². The highest BCUT2D eigenvalue weighted by molar-refractivity contribution is 4.86. The number of nitrogens with zero attached hydrogens (tertiary/aromatic N) is 2. The van der Waals surface area contributed by atoms with Gasteiger partial charge in [-0.3, -0.25) is 9.80 Å². The average Bonchev–Trinajstić information content (AvgIpc) is 2.88. The fourth-order valence-electron chi connectivity index (χ4n) is 3.19. The summed E-state index contributed by atoms with van der Waals surface area (Å²) < 4.78 is 5.65. The lowest BCUT2D eigenvalue weighted by Crippen LogP contribution is -2.58. The zero-order valence-corrected chi connectivity index (χ0v) is 13.1. The van der Waals surface area contributed by atoms with Gasteiger partial charge in [-0.15, -0.1) is 0 Å². The molecule has 4 nitrogen and oxygen atoms in total. The third kappa shape index (κ3) is 4.15. The predicted molar refractivity (Wildman–Crippen MR) is 79.6 cm³/mol. The fourth-order valence-corrected chi connectivity index (χ4v) is 3.19. The van der Waals surface area contributed by atoms with Crippen molar-refractivity contribution >= 4 is 0 Å². The number of ether oxygens (including phenoxy) is 1. The van der Waals surface area contributed by atoms with E-state index < -0.39 is 0 Å². The molecule has 0 aromatic heterocycles. The Morgan fingerprint density at radius 3 is 2.53 bits per heavy atom. The van der Waals surface area contributed by atoms with Crippen molar-refractivity contribution in [2.45, 2.75) is 57.8 Å². The van der Waals surface area contributed by atoms with Crippen LogP contribution in [-0.2, 0) is 4.74 Å². The number of hydrogen-bond donors (Lipinski definition) is 1. The van der Waals surface area contributed by atoms with Crippen LogP contribution in [0.5, 0.6) is 0 Å². The summed E-state index contributed by atoms with van der Waals surface area (Å²) in [5, 5.41) is 3.58. The SMILES string of the molecule is CC(CNCC1CCCO1)N1CC(C)N(C)C(C)C1. The van der Waals surface area contributed by atoms with E-state index in [9.17, 15) is 0 Å². The first-order valence-electron chi connectivity index (χ1n) is 7.86. The summed E-state index contributed by atoms with van der Waals surface area (Å²) in [6.45, 7) is 12.4. The highest BCUT2D eigenvalue weighted by atomic mass is 16.5. The molecule has 2 saturated heterocycles. The molecule has 4 atom stereocenters. The van der Waals surface area contributed by atoms with E-state index in [1.807, 2.05) is 0 Å². The molecule has 0 aromatic rings. The van der Waals surface area contributed by atoms with Crippen LogP contribution in [0.3, 0.4) is 0 Å². The largest absolute Gasteiger partial charge is 0.377 e. The Morgan fingerprint density at radius 1 is 1.26 bits per heavy atom. The van der Waals surface area contributed by atoms with Crippen LogP contribution in [0, 0.1) is 0 Å². The van der Waals surface area contributed by atoms with E-state index in [0.29, 0.717) is 24.2 Å². The van der Waals surface area contributed by atoms with Gasteiger partial charge in [0.05, 0.1) is 6.10 Å². The molecule has 19 heavy (non-hydrogen) atoms. The van der Waals surface area contributed by atoms with Gasteiger partial charge in [0.15, 0.2) is 0 Å². The molecule has 0 amide bonds. The van der Waals surface area contributed by atoms with Crippen LogP contribution < -0.4 is 5.32 Å². The summed E-state index contributed by atoms with van der Waals surface area (Å²) in [7, 11) is 2.24. The zero-order valence-electron chi connectivity index (χ0n) is 13.1. The second-order valence-corrected chi connectivity index (χ2v) is 6.46. The van der Waals surface area contributed by atoms with Gasteiger partial charge in [0.2, 0.25) is 0 Å². The molecule has 0 saturated carbocycles. The molecule has 0 radical (unpaired) electrons. The number of likely N-dealkylation sites (N-methyl/N-ethyl adjacent to an activating group) is 1. The van der Waals surface area contributed by atoms with Crippen molar-refractivity contribution in [2.75, 3.05) is 39.8 Å². The maximum absolute atomic E-state index is 5.65. The van der Waals surface area contributed by atoms with Gasteiger partial charge in [-0.05, 0) is 40.7 Å². The van der Waals surface area contributed by atoms with Crippen molar-refractivity contribution in [1.82, 2.24) is 15.1 Å². The minimum Gasteiger partial charge on any atom is -0.377 e. The van der Waals surface area contributed by atoms with Crippen molar-refractivity contribution < 1.29 is 4.74 Å². The van der Waals surface area contributed by atoms with E-state index in [2.05, 4.69) is 42.9 Å². The summed E-state index contributed by atoms with van der Waals surface area (Å²) in [4.78, 5) is 5.11. The van der Waals surface area contributed by atoms with Gasteiger partial charge >= 0.3 is 0 Å². The topological polar surface area (TPSA) is 27.7 Å². The Bertz CT molecular complexity index is 256. The Morgan fingerprint density at radius 2 is 1.95 bits per heavy atom. The number of hydrogen-bond acceptors (Lipinski definition) is 4. The summed E-state index contributed by atoms with van der Waals surface area (Å²) in [6, 6.07) is 1.92. The van der Waals surface area contributed by atoms with Gasteiger partial charge in [0.1, 0.15) is 0 Å². The average molecular weight is 269 g/mol. The number of piperazine rings is 1. The third-order valence-corrected chi connectivity index (χ3v) is 4.85. The molecule has 2 fully saturated rings. The first-order chi connectivity index (χ1) is 9.08. The number of nitrogens with one attached hydrogen (secondary N) is 1. The molecule has 0 aromatic carbocycles. The fraction of sp³-hybridized carbons (Fsp3) is 1.00. The molecule has 2 rings (SSSR count). The van der Waals surface area contributed by atoms with E-state index in [1.165, 1.54) is 25.9 Å². The highest BCUT2D eigenvalue weighted by Crippen LogP contribution is 2.15. The summed E-state index contributed by atoms with van der Waals surface area (Å²) in [6.07, 6.45) is 2.91. The second kappa shape index (κ2) is 7.02. The van der Waals surface area contributed by atoms with Crippen LogP contribution in [0.2, 0.25) is 0 Å². The van der Waals surface area contributed by atoms with Crippen molar-refractivity contribution in [3.8, 4) is 0 Å². The van der Waals surface area contributed by atoms with Gasteiger partial charge in [-0.1, -0.05) is 0 Å². The van der Waals surface area contributed by atoms with E-state index >= 15 is 0 Å². The zero-order chi connectivity index (χ0) is 13.8. The van der Waals surface area contributed by atoms with Crippen molar-refractivity contribution in [1.29, 1.82) is 0 Å². The predicted octanol–water partition coefficient (Wildman–Crippen LogP) is 1.17. The quantitative estimate of drug-likeness (QED) is 0.811. The number of rotatable bonds is 5. The van der Waals surface area contributed by atoms with Gasteiger partial charge < -0.3 is 10.1 Å². The molecule has 0 spiro atoms. The molecule has 4 heteroatoms. The van der Waals surface area contributed by atoms with Crippen molar-refractivity contribution in [3.05, 3.63) is 0 Å². The molecular weight excluding hydrogens is 238 g/mol. The van der Waals surface area contributed by atoms with E-state index in [1.54, 1.807) is 0 Å². The molecule has 4 unspecified atom stereocenters. The molecule has 112 valence electrons. The molecule has 2 aliphatic rings. The van der Waals surface area contributed by atoms with Gasteiger partial charge in [-0.2, -0.15) is 0 Å². The van der Waals surface area contributed by atoms with Crippen LogP contribution in [0.15, 0.2) is 0 Å². The van der Waals surface area contributed by atoms with Gasteiger partial charge in [0.25, 0.3) is 0 Å². The molecule has 2 aliphatic heterocycles. The van der Waals surface area contributed by atoms with Gasteiger partial charge in [0, 0.05) is 50.9 Å². The Labute approximate surface area is 118 Å². The molecular formula is C15H31N3O. The van der Waals surface area contributed by atoms with Crippen molar-refractivity contribution in [2.24, 2.45) is 0 Å². The van der Waals surface area contributed by atoms with E-state index in [-0.39, 0.29) is 0 Å². The van der Waals surface area contributed by atoms with Crippen LogP contribution >= 0.6 is 0 Å². The first kappa shape index (κ1) is 15.2. The summed E-state index contributed by atoms with van der Waals surface area (Å²) in [5.41, 5.74) is 0. The van der Waals surface area contributed by atoms with Crippen LogP contribution in [0.1, 0.15) is 33.6 Å². The minimum absolute atomic E-state index is 0.456. The smallest absolute Gasteiger partial charge is 0.0700 e. The third-order valence-electron chi connectivity index (χ3n) is 4.85. The van der Waals surface area contributed by atoms with Crippen LogP contribution in [-0.4, -0.2) is 73.9 Å². The van der Waals surface area contributed by atoms with Gasteiger partial charge in [-0.25, -0.2) is 0 Å². The lowest BCUT2D eigenvalue weighted by atomic mass is 10.1. The molecule has 0 bridgehead atoms. The maximum atomic E-state index is 5.65. The second-order valence-electron chi connectivity index (χ2n) is 6.46. The monoisotopic (exact) mass is 269 g/mol. The Kier molecular flexibility index (Phi) is 5.63. The molecule has 1 N–H and O–H groups in total. The van der Waals surface area contributed by atoms with Crippen LogP contribution in [0.25, 0.3) is 0 Å². The standard InChI is InChI=1S/C15H31N3O/c1-12(8-16-9-15-6-5-7-19-15)18-10-13(2)17(4)14(3)11-18/h12-16H,5-11H2,1-4H3. The minimum atomic E-state index is 0.456. The highest BCUT2D eigenvalue weighted by Gasteiger charge is 2.28. The Hall–Kier alpha value is -0.160. The lowest BCUT2D eigenvalue weighted by molar-refractivity contribution is 0.0367. The molecule has 0 aliphatic carbocycles.